The Morgan fingerprint density at radius 2 is 1.64 bits per heavy atom. The van der Waals surface area contributed by atoms with E-state index >= 15 is 0 Å². The molecule has 0 bridgehead atoms. The number of carbonyl (C=O) groups excluding carboxylic acids is 1. The lowest BCUT2D eigenvalue weighted by molar-refractivity contribution is 0.252. The molecule has 0 aliphatic rings. The highest BCUT2D eigenvalue weighted by atomic mass is 79.9. The van der Waals surface area contributed by atoms with Crippen LogP contribution in [-0.2, 0) is 0 Å². The molecule has 0 fully saturated rings. The highest BCUT2D eigenvalue weighted by molar-refractivity contribution is 9.10. The molecular formula is C17H18BrN3O. The maximum absolute atomic E-state index is 12.0. The van der Waals surface area contributed by atoms with E-state index < -0.39 is 0 Å². The standard InChI is InChI=1S/C17H18BrN3O/c1-11-5-4-6-12(2)16(11)19-17(22)21-20-13(3)14-7-9-15(18)10-8-14/h4-10H,1-3H3,(H2,19,21,22). The fraction of sp³-hybridized carbons (Fsp3) is 0.176. The van der Waals surface area contributed by atoms with Crippen molar-refractivity contribution >= 4 is 33.4 Å². The molecule has 2 aromatic rings. The van der Waals surface area contributed by atoms with Gasteiger partial charge in [0.2, 0.25) is 0 Å². The molecule has 0 unspecified atom stereocenters. The van der Waals surface area contributed by atoms with E-state index in [1.54, 1.807) is 0 Å². The zero-order valence-electron chi connectivity index (χ0n) is 12.8. The first kappa shape index (κ1) is 16.2. The highest BCUT2D eigenvalue weighted by Gasteiger charge is 2.06. The number of hydrogen-bond donors (Lipinski definition) is 2. The third-order valence-electron chi connectivity index (χ3n) is 3.31. The minimum Gasteiger partial charge on any atom is -0.306 e. The summed E-state index contributed by atoms with van der Waals surface area (Å²) in [4.78, 5) is 12.0. The SMILES string of the molecule is CC(=NNC(=O)Nc1c(C)cccc1C)c1ccc(Br)cc1. The Kier molecular flexibility index (Phi) is 5.33. The van der Waals surface area contributed by atoms with Gasteiger partial charge in [-0.2, -0.15) is 5.10 Å². The number of anilines is 1. The van der Waals surface area contributed by atoms with Crippen molar-refractivity contribution in [2.24, 2.45) is 5.10 Å². The molecule has 2 N–H and O–H groups in total. The van der Waals surface area contributed by atoms with Crippen LogP contribution >= 0.6 is 15.9 Å². The summed E-state index contributed by atoms with van der Waals surface area (Å²) in [6.45, 7) is 5.76. The molecule has 0 saturated heterocycles. The number of nitrogens with zero attached hydrogens (tertiary/aromatic N) is 1. The number of benzene rings is 2. The van der Waals surface area contributed by atoms with Crippen LogP contribution in [0.2, 0.25) is 0 Å². The van der Waals surface area contributed by atoms with Gasteiger partial charge >= 0.3 is 6.03 Å². The Morgan fingerprint density at radius 1 is 1.05 bits per heavy atom. The van der Waals surface area contributed by atoms with Gasteiger partial charge in [-0.25, -0.2) is 10.2 Å². The van der Waals surface area contributed by atoms with Crippen molar-refractivity contribution in [2.75, 3.05) is 5.32 Å². The maximum Gasteiger partial charge on any atom is 0.339 e. The Morgan fingerprint density at radius 3 is 2.23 bits per heavy atom. The van der Waals surface area contributed by atoms with Gasteiger partial charge in [0.1, 0.15) is 0 Å². The van der Waals surface area contributed by atoms with Gasteiger partial charge < -0.3 is 5.32 Å². The van der Waals surface area contributed by atoms with Gasteiger partial charge in [0.25, 0.3) is 0 Å². The van der Waals surface area contributed by atoms with Crippen molar-refractivity contribution in [3.63, 3.8) is 0 Å². The monoisotopic (exact) mass is 359 g/mol. The van der Waals surface area contributed by atoms with Crippen molar-refractivity contribution in [3.05, 3.63) is 63.6 Å². The fourth-order valence-corrected chi connectivity index (χ4v) is 2.31. The van der Waals surface area contributed by atoms with Crippen LogP contribution in [0, 0.1) is 13.8 Å². The smallest absolute Gasteiger partial charge is 0.306 e. The molecule has 0 aliphatic heterocycles. The topological polar surface area (TPSA) is 53.5 Å². The summed E-state index contributed by atoms with van der Waals surface area (Å²) >= 11 is 3.39. The highest BCUT2D eigenvalue weighted by Crippen LogP contribution is 2.19. The summed E-state index contributed by atoms with van der Waals surface area (Å²) < 4.78 is 1.00. The van der Waals surface area contributed by atoms with E-state index in [-0.39, 0.29) is 6.03 Å². The third kappa shape index (κ3) is 4.18. The molecule has 2 amide bonds. The van der Waals surface area contributed by atoms with Crippen LogP contribution in [0.1, 0.15) is 23.6 Å². The van der Waals surface area contributed by atoms with Crippen LogP contribution in [0.25, 0.3) is 0 Å². The average molecular weight is 360 g/mol. The summed E-state index contributed by atoms with van der Waals surface area (Å²) in [7, 11) is 0. The van der Waals surface area contributed by atoms with Gasteiger partial charge in [-0.15, -0.1) is 0 Å². The van der Waals surface area contributed by atoms with Crippen LogP contribution in [0.15, 0.2) is 52.0 Å². The van der Waals surface area contributed by atoms with Crippen LogP contribution in [0.3, 0.4) is 0 Å². The largest absolute Gasteiger partial charge is 0.339 e. The van der Waals surface area contributed by atoms with Crippen molar-refractivity contribution in [3.8, 4) is 0 Å². The zero-order chi connectivity index (χ0) is 16.1. The summed E-state index contributed by atoms with van der Waals surface area (Å²) in [5.41, 5.74) is 7.07. The molecule has 2 aromatic carbocycles. The molecule has 0 aliphatic carbocycles. The molecule has 22 heavy (non-hydrogen) atoms. The number of urea groups is 1. The van der Waals surface area contributed by atoms with Gasteiger partial charge in [-0.3, -0.25) is 0 Å². The number of aryl methyl sites for hydroxylation is 2. The summed E-state index contributed by atoms with van der Waals surface area (Å²) in [5.74, 6) is 0. The second kappa shape index (κ2) is 7.22. The minimum atomic E-state index is -0.353. The third-order valence-corrected chi connectivity index (χ3v) is 3.84. The first-order valence-corrected chi connectivity index (χ1v) is 7.70. The molecule has 114 valence electrons. The molecule has 0 heterocycles. The van der Waals surface area contributed by atoms with Gasteiger partial charge in [0, 0.05) is 10.2 Å². The minimum absolute atomic E-state index is 0.353. The molecule has 0 saturated carbocycles. The molecule has 0 radical (unpaired) electrons. The normalized spacial score (nSPS) is 11.2. The molecule has 0 aromatic heterocycles. The van der Waals surface area contributed by atoms with E-state index in [9.17, 15) is 4.79 Å². The van der Waals surface area contributed by atoms with Gasteiger partial charge in [0.05, 0.1) is 5.71 Å². The second-order valence-electron chi connectivity index (χ2n) is 5.04. The average Bonchev–Trinajstić information content (AvgIpc) is 2.49. The first-order chi connectivity index (χ1) is 10.5. The fourth-order valence-electron chi connectivity index (χ4n) is 2.04. The van der Waals surface area contributed by atoms with Crippen molar-refractivity contribution in [2.45, 2.75) is 20.8 Å². The number of amides is 2. The number of hydrogen-bond acceptors (Lipinski definition) is 2. The van der Waals surface area contributed by atoms with Crippen LogP contribution < -0.4 is 10.7 Å². The van der Waals surface area contributed by atoms with E-state index in [0.717, 1.165) is 32.6 Å². The van der Waals surface area contributed by atoms with Crippen molar-refractivity contribution in [1.29, 1.82) is 0 Å². The lowest BCUT2D eigenvalue weighted by Gasteiger charge is -2.11. The first-order valence-electron chi connectivity index (χ1n) is 6.91. The predicted octanol–water partition coefficient (Wildman–Crippen LogP) is 4.61. The molecule has 4 nitrogen and oxygen atoms in total. The predicted molar refractivity (Wildman–Crippen MR) is 94.4 cm³/mol. The Balaban J connectivity index is 2.03. The zero-order valence-corrected chi connectivity index (χ0v) is 14.4. The molecule has 5 heteroatoms. The number of para-hydroxylation sites is 1. The van der Waals surface area contributed by atoms with Gasteiger partial charge in [0.15, 0.2) is 0 Å². The Bertz CT molecular complexity index is 688. The molecule has 0 atom stereocenters. The Hall–Kier alpha value is -2.14. The van der Waals surface area contributed by atoms with Gasteiger partial charge in [-0.05, 0) is 49.6 Å². The lowest BCUT2D eigenvalue weighted by Crippen LogP contribution is -2.26. The Labute approximate surface area is 138 Å². The summed E-state index contributed by atoms with van der Waals surface area (Å²) in [5, 5.41) is 6.95. The van der Waals surface area contributed by atoms with E-state index in [4.69, 9.17) is 0 Å². The summed E-state index contributed by atoms with van der Waals surface area (Å²) in [6.07, 6.45) is 0. The maximum atomic E-state index is 12.0. The number of halogens is 1. The number of rotatable bonds is 3. The van der Waals surface area contributed by atoms with Crippen molar-refractivity contribution in [1.82, 2.24) is 5.43 Å². The van der Waals surface area contributed by atoms with Gasteiger partial charge in [-0.1, -0.05) is 46.3 Å². The number of carbonyl (C=O) groups is 1. The molecule has 2 rings (SSSR count). The van der Waals surface area contributed by atoms with E-state index in [0.29, 0.717) is 0 Å². The van der Waals surface area contributed by atoms with Crippen LogP contribution in [0.5, 0.6) is 0 Å². The number of hydrazone groups is 1. The quantitative estimate of drug-likeness (QED) is 0.609. The van der Waals surface area contributed by atoms with E-state index in [1.807, 2.05) is 63.2 Å². The molecule has 0 spiro atoms. The van der Waals surface area contributed by atoms with E-state index in [1.165, 1.54) is 0 Å². The van der Waals surface area contributed by atoms with E-state index in [2.05, 4.69) is 31.8 Å². The second-order valence-corrected chi connectivity index (χ2v) is 5.95. The molecular weight excluding hydrogens is 342 g/mol. The number of nitrogens with one attached hydrogen (secondary N) is 2. The van der Waals surface area contributed by atoms with Crippen LogP contribution in [0.4, 0.5) is 10.5 Å². The summed E-state index contributed by atoms with van der Waals surface area (Å²) in [6, 6.07) is 13.3. The van der Waals surface area contributed by atoms with Crippen molar-refractivity contribution < 1.29 is 4.79 Å². The van der Waals surface area contributed by atoms with Crippen LogP contribution in [-0.4, -0.2) is 11.7 Å². The lowest BCUT2D eigenvalue weighted by atomic mass is 10.1.